The lowest BCUT2D eigenvalue weighted by atomic mass is 9.33. The summed E-state index contributed by atoms with van der Waals surface area (Å²) in [7, 11) is 0. The van der Waals surface area contributed by atoms with Gasteiger partial charge in [0.2, 0.25) is 0 Å². The molecule has 198 valence electrons. The summed E-state index contributed by atoms with van der Waals surface area (Å²) >= 11 is 0. The predicted molar refractivity (Wildman–Crippen MR) is 137 cm³/mol. The highest BCUT2D eigenvalue weighted by Crippen LogP contribution is 2.76. The molecular weight excluding hydrogens is 440 g/mol. The fourth-order valence-electron chi connectivity index (χ4n) is 10.8. The van der Waals surface area contributed by atoms with Crippen molar-refractivity contribution in [1.82, 2.24) is 0 Å². The Hall–Kier alpha value is -1.36. The van der Waals surface area contributed by atoms with Crippen LogP contribution < -0.4 is 0 Å². The molecule has 0 aromatic rings. The minimum atomic E-state index is -0.968. The van der Waals surface area contributed by atoms with Gasteiger partial charge in [0, 0.05) is 0 Å². The molecule has 4 rings (SSSR count). The summed E-state index contributed by atoms with van der Waals surface area (Å²) in [4.78, 5) is 24.6. The van der Waals surface area contributed by atoms with Crippen molar-refractivity contribution in [2.75, 3.05) is 6.61 Å². The molecule has 0 aliphatic heterocycles. The Balaban J connectivity index is 1.78. The first kappa shape index (κ1) is 26.7. The van der Waals surface area contributed by atoms with Gasteiger partial charge >= 0.3 is 11.9 Å². The highest BCUT2D eigenvalue weighted by Gasteiger charge is 2.70. The molecule has 0 unspecified atom stereocenters. The smallest absolute Gasteiger partial charge is 0.309 e. The van der Waals surface area contributed by atoms with E-state index in [2.05, 4.69) is 34.3 Å². The maximum Gasteiger partial charge on any atom is 0.309 e. The molecule has 4 aliphatic carbocycles. The summed E-state index contributed by atoms with van der Waals surface area (Å²) in [6, 6.07) is 0. The molecule has 35 heavy (non-hydrogen) atoms. The van der Waals surface area contributed by atoms with Crippen LogP contribution in [0.25, 0.3) is 0 Å². The van der Waals surface area contributed by atoms with Crippen LogP contribution in [0.15, 0.2) is 12.2 Å². The minimum Gasteiger partial charge on any atom is -0.481 e. The van der Waals surface area contributed by atoms with Gasteiger partial charge in [-0.3, -0.25) is 9.59 Å². The number of fused-ring (bicyclic) bond motifs is 5. The summed E-state index contributed by atoms with van der Waals surface area (Å²) in [6.45, 7) is 17.4. The molecular formula is C30H48O5. The Bertz CT molecular complexity index is 908. The summed E-state index contributed by atoms with van der Waals surface area (Å²) in [5.74, 6) is -0.246. The van der Waals surface area contributed by atoms with E-state index < -0.39 is 22.8 Å². The van der Waals surface area contributed by atoms with Crippen LogP contribution in [0.2, 0.25) is 0 Å². The molecule has 3 N–H and O–H groups in total. The third-order valence-corrected chi connectivity index (χ3v) is 12.8. The standard InChI is InChI=1S/C30H48O5/c1-18(17-31)19-10-12-27(4)14-15-29(6)20(24(19)27)8-9-22-28(5,16-23(32)33)21(11-13-30(22,29)7)26(2,3)25(34)35/h19-22,24,31H,1,8-17H2,2-7H3,(H,32,33)(H,34,35)/t19-,20+,21-,22+,24+,27+,28-,29+,30+/m0/s1. The van der Waals surface area contributed by atoms with E-state index in [1.54, 1.807) is 13.8 Å². The Morgan fingerprint density at radius 1 is 0.914 bits per heavy atom. The van der Waals surface area contributed by atoms with Gasteiger partial charge in [0.25, 0.3) is 0 Å². The van der Waals surface area contributed by atoms with Gasteiger partial charge < -0.3 is 15.3 Å². The molecule has 0 aromatic carbocycles. The van der Waals surface area contributed by atoms with E-state index in [1.165, 1.54) is 12.8 Å². The molecule has 0 aromatic heterocycles. The van der Waals surface area contributed by atoms with Gasteiger partial charge in [-0.1, -0.05) is 34.3 Å². The quantitative estimate of drug-likeness (QED) is 0.376. The van der Waals surface area contributed by atoms with E-state index in [4.69, 9.17) is 0 Å². The second kappa shape index (κ2) is 8.33. The van der Waals surface area contributed by atoms with Crippen molar-refractivity contribution in [3.05, 3.63) is 12.2 Å². The third kappa shape index (κ3) is 3.57. The SMILES string of the molecule is C=C(CO)[C@@H]1CC[C@]2(C)CC[C@]3(C)[C@H](CC[C@@H]4[C@@](C)(CC(=O)O)[C@H](C(C)(C)C(=O)O)CC[C@]43C)[C@@H]12. The zero-order chi connectivity index (χ0) is 26.2. The fourth-order valence-corrected chi connectivity index (χ4v) is 10.8. The van der Waals surface area contributed by atoms with Gasteiger partial charge in [0.1, 0.15) is 0 Å². The number of hydrogen-bond acceptors (Lipinski definition) is 3. The Morgan fingerprint density at radius 3 is 2.14 bits per heavy atom. The predicted octanol–water partition coefficient (Wildman–Crippen LogP) is 6.40. The van der Waals surface area contributed by atoms with E-state index in [0.29, 0.717) is 17.8 Å². The van der Waals surface area contributed by atoms with Gasteiger partial charge in [0.15, 0.2) is 0 Å². The second-order valence-electron chi connectivity index (χ2n) is 14.4. The topological polar surface area (TPSA) is 94.8 Å². The molecule has 9 atom stereocenters. The number of rotatable bonds is 6. The average Bonchev–Trinajstić information content (AvgIpc) is 3.10. The maximum absolute atomic E-state index is 12.3. The minimum absolute atomic E-state index is 0.0282. The lowest BCUT2D eigenvalue weighted by Crippen LogP contribution is -2.65. The molecule has 0 heterocycles. The number of carbonyl (C=O) groups is 2. The zero-order valence-electron chi connectivity index (χ0n) is 22.8. The van der Waals surface area contributed by atoms with E-state index in [1.807, 2.05) is 0 Å². The number of aliphatic hydroxyl groups excluding tert-OH is 1. The molecule has 0 spiro atoms. The van der Waals surface area contributed by atoms with Gasteiger partial charge in [-0.05, 0) is 122 Å². The van der Waals surface area contributed by atoms with E-state index in [0.717, 1.165) is 44.1 Å². The Morgan fingerprint density at radius 2 is 1.57 bits per heavy atom. The van der Waals surface area contributed by atoms with Crippen LogP contribution in [0.4, 0.5) is 0 Å². The number of aliphatic carboxylic acids is 2. The molecule has 0 bridgehead atoms. The van der Waals surface area contributed by atoms with Gasteiger partial charge in [0.05, 0.1) is 18.4 Å². The Kier molecular flexibility index (Phi) is 6.35. The lowest BCUT2D eigenvalue weighted by molar-refractivity contribution is -0.230. The van der Waals surface area contributed by atoms with Crippen LogP contribution in [-0.2, 0) is 9.59 Å². The number of carboxylic acid groups (broad SMARTS) is 2. The summed E-state index contributed by atoms with van der Waals surface area (Å²) in [5.41, 5.74) is -0.249. The van der Waals surface area contributed by atoms with E-state index >= 15 is 0 Å². The first-order valence-corrected chi connectivity index (χ1v) is 13.8. The summed E-state index contributed by atoms with van der Waals surface area (Å²) in [6.07, 6.45) is 8.37. The van der Waals surface area contributed by atoms with E-state index in [9.17, 15) is 24.9 Å². The van der Waals surface area contributed by atoms with Crippen LogP contribution in [-0.4, -0.2) is 33.9 Å². The number of aliphatic hydroxyl groups is 1. The van der Waals surface area contributed by atoms with Crippen molar-refractivity contribution >= 4 is 11.9 Å². The molecule has 0 saturated heterocycles. The Labute approximate surface area is 211 Å². The first-order valence-electron chi connectivity index (χ1n) is 13.8. The van der Waals surface area contributed by atoms with Crippen LogP contribution in [0, 0.1) is 56.7 Å². The molecule has 0 radical (unpaired) electrons. The molecule has 0 amide bonds. The van der Waals surface area contributed by atoms with Crippen molar-refractivity contribution in [3.63, 3.8) is 0 Å². The monoisotopic (exact) mass is 488 g/mol. The van der Waals surface area contributed by atoms with Gasteiger partial charge in [-0.2, -0.15) is 0 Å². The van der Waals surface area contributed by atoms with Crippen molar-refractivity contribution in [2.45, 2.75) is 99.3 Å². The second-order valence-corrected chi connectivity index (χ2v) is 14.4. The largest absolute Gasteiger partial charge is 0.481 e. The third-order valence-electron chi connectivity index (χ3n) is 12.8. The molecule has 5 nitrogen and oxygen atoms in total. The highest BCUT2D eigenvalue weighted by molar-refractivity contribution is 5.75. The van der Waals surface area contributed by atoms with E-state index in [-0.39, 0.29) is 41.1 Å². The molecule has 4 saturated carbocycles. The van der Waals surface area contributed by atoms with Crippen molar-refractivity contribution in [3.8, 4) is 0 Å². The van der Waals surface area contributed by atoms with Crippen LogP contribution in [0.5, 0.6) is 0 Å². The van der Waals surface area contributed by atoms with Crippen molar-refractivity contribution in [2.24, 2.45) is 56.7 Å². The molecule has 4 fully saturated rings. The summed E-state index contributed by atoms with van der Waals surface area (Å²) in [5, 5.41) is 30.1. The zero-order valence-corrected chi connectivity index (χ0v) is 22.8. The molecule has 5 heteroatoms. The van der Waals surface area contributed by atoms with Gasteiger partial charge in [-0.25, -0.2) is 0 Å². The van der Waals surface area contributed by atoms with Crippen molar-refractivity contribution in [1.29, 1.82) is 0 Å². The normalized spacial score (nSPS) is 47.3. The number of carboxylic acids is 2. The van der Waals surface area contributed by atoms with Crippen LogP contribution in [0.1, 0.15) is 99.3 Å². The van der Waals surface area contributed by atoms with Crippen LogP contribution in [0.3, 0.4) is 0 Å². The summed E-state index contributed by atoms with van der Waals surface area (Å²) < 4.78 is 0. The van der Waals surface area contributed by atoms with Gasteiger partial charge in [-0.15, -0.1) is 0 Å². The van der Waals surface area contributed by atoms with Crippen LogP contribution >= 0.6 is 0 Å². The average molecular weight is 489 g/mol. The lowest BCUT2D eigenvalue weighted by Gasteiger charge is -2.71. The molecule has 4 aliphatic rings. The number of hydrogen-bond donors (Lipinski definition) is 3. The van der Waals surface area contributed by atoms with Crippen molar-refractivity contribution < 1.29 is 24.9 Å². The maximum atomic E-state index is 12.3. The first-order chi connectivity index (χ1) is 16.1. The highest BCUT2D eigenvalue weighted by atomic mass is 16.4. The fraction of sp³-hybridized carbons (Fsp3) is 0.867.